The second kappa shape index (κ2) is 8.01. The van der Waals surface area contributed by atoms with E-state index in [1.54, 1.807) is 13.1 Å². The molecule has 0 spiro atoms. The van der Waals surface area contributed by atoms with Crippen molar-refractivity contribution in [2.24, 2.45) is 10.9 Å². The number of aliphatic imine (C=N–C) groups is 1. The lowest BCUT2D eigenvalue weighted by Gasteiger charge is -2.18. The molecule has 0 bridgehead atoms. The number of nitrogens with one attached hydrogen (secondary N) is 2. The van der Waals surface area contributed by atoms with Gasteiger partial charge >= 0.3 is 0 Å². The molecule has 4 nitrogen and oxygen atoms in total. The first-order valence-electron chi connectivity index (χ1n) is 8.03. The van der Waals surface area contributed by atoms with E-state index in [0.717, 1.165) is 24.5 Å². The monoisotopic (exact) mass is 307 g/mol. The van der Waals surface area contributed by atoms with E-state index < -0.39 is 0 Å². The quantitative estimate of drug-likeness (QED) is 0.600. The first-order valence-corrected chi connectivity index (χ1v) is 8.03. The number of nitrogens with zero attached hydrogens (tertiary/aromatic N) is 1. The summed E-state index contributed by atoms with van der Waals surface area (Å²) in [6.07, 6.45) is 3.42. The molecule has 2 rings (SSSR count). The smallest absolute Gasteiger partial charge is 0.191 e. The van der Waals surface area contributed by atoms with Gasteiger partial charge in [-0.3, -0.25) is 4.99 Å². The van der Waals surface area contributed by atoms with Gasteiger partial charge in [-0.2, -0.15) is 0 Å². The lowest BCUT2D eigenvalue weighted by molar-refractivity contribution is 0.285. The summed E-state index contributed by atoms with van der Waals surface area (Å²) < 4.78 is 19.6. The summed E-state index contributed by atoms with van der Waals surface area (Å²) in [7, 11) is 1.73. The maximum absolute atomic E-state index is 14.1. The van der Waals surface area contributed by atoms with Gasteiger partial charge in [-0.25, -0.2) is 4.39 Å². The zero-order chi connectivity index (χ0) is 15.9. The van der Waals surface area contributed by atoms with Gasteiger partial charge in [0.05, 0.1) is 12.6 Å². The van der Waals surface area contributed by atoms with Crippen LogP contribution in [0.1, 0.15) is 44.7 Å². The zero-order valence-corrected chi connectivity index (χ0v) is 13.7. The van der Waals surface area contributed by atoms with E-state index in [2.05, 4.69) is 22.5 Å². The molecular formula is C17H26FN3O. The zero-order valence-electron chi connectivity index (χ0n) is 13.7. The van der Waals surface area contributed by atoms with Gasteiger partial charge in [-0.1, -0.05) is 13.0 Å². The molecule has 1 saturated carbocycles. The van der Waals surface area contributed by atoms with Crippen LogP contribution < -0.4 is 15.4 Å². The van der Waals surface area contributed by atoms with Crippen LogP contribution >= 0.6 is 0 Å². The van der Waals surface area contributed by atoms with E-state index in [0.29, 0.717) is 18.3 Å². The summed E-state index contributed by atoms with van der Waals surface area (Å²) in [5.74, 6) is 1.39. The van der Waals surface area contributed by atoms with Crippen molar-refractivity contribution in [2.45, 2.75) is 39.2 Å². The lowest BCUT2D eigenvalue weighted by atomic mass is 10.1. The molecule has 0 aromatic heterocycles. The SMILES string of the molecule is CCCNC(=NC)NC(C)c1ccc(OCC2CC2)c(F)c1. The molecule has 0 aliphatic heterocycles. The van der Waals surface area contributed by atoms with E-state index in [1.165, 1.54) is 18.9 Å². The minimum atomic E-state index is -0.302. The van der Waals surface area contributed by atoms with Gasteiger partial charge in [0.2, 0.25) is 0 Å². The van der Waals surface area contributed by atoms with Crippen LogP contribution in [0.15, 0.2) is 23.2 Å². The van der Waals surface area contributed by atoms with E-state index in [-0.39, 0.29) is 11.9 Å². The normalized spacial score (nSPS) is 16.3. The molecule has 0 saturated heterocycles. The number of ether oxygens (including phenoxy) is 1. The second-order valence-electron chi connectivity index (χ2n) is 5.81. The minimum absolute atomic E-state index is 0.0324. The van der Waals surface area contributed by atoms with Crippen LogP contribution in [-0.4, -0.2) is 26.2 Å². The van der Waals surface area contributed by atoms with Crippen LogP contribution in [0.2, 0.25) is 0 Å². The Labute approximate surface area is 132 Å². The number of halogens is 1. The third-order valence-corrected chi connectivity index (χ3v) is 3.75. The van der Waals surface area contributed by atoms with Crippen molar-refractivity contribution in [1.82, 2.24) is 10.6 Å². The van der Waals surface area contributed by atoms with Gasteiger partial charge in [0.1, 0.15) is 0 Å². The molecule has 0 radical (unpaired) electrons. The average Bonchev–Trinajstić information content (AvgIpc) is 3.34. The molecule has 2 N–H and O–H groups in total. The Morgan fingerprint density at radius 3 is 2.82 bits per heavy atom. The van der Waals surface area contributed by atoms with E-state index in [1.807, 2.05) is 13.0 Å². The van der Waals surface area contributed by atoms with Crippen molar-refractivity contribution in [3.8, 4) is 5.75 Å². The van der Waals surface area contributed by atoms with E-state index in [4.69, 9.17) is 4.74 Å². The van der Waals surface area contributed by atoms with Crippen molar-refractivity contribution in [3.05, 3.63) is 29.6 Å². The number of benzene rings is 1. The van der Waals surface area contributed by atoms with Crippen molar-refractivity contribution < 1.29 is 9.13 Å². The summed E-state index contributed by atoms with van der Waals surface area (Å²) in [5, 5.41) is 6.46. The maximum atomic E-state index is 14.1. The molecule has 1 aromatic rings. The fourth-order valence-electron chi connectivity index (χ4n) is 2.12. The van der Waals surface area contributed by atoms with Crippen LogP contribution in [0.5, 0.6) is 5.75 Å². The Bertz CT molecular complexity index is 515. The number of hydrogen-bond acceptors (Lipinski definition) is 2. The van der Waals surface area contributed by atoms with Gasteiger partial charge in [0.15, 0.2) is 17.5 Å². The molecule has 0 heterocycles. The van der Waals surface area contributed by atoms with Crippen molar-refractivity contribution >= 4 is 5.96 Å². The number of rotatable bonds is 7. The minimum Gasteiger partial charge on any atom is -0.490 e. The third kappa shape index (κ3) is 4.90. The number of guanidine groups is 1. The molecule has 22 heavy (non-hydrogen) atoms. The standard InChI is InChI=1S/C17H26FN3O/c1-4-9-20-17(19-3)21-12(2)14-7-8-16(15(18)10-14)22-11-13-5-6-13/h7-8,10,12-13H,4-6,9,11H2,1-3H3,(H2,19,20,21). The largest absolute Gasteiger partial charge is 0.490 e. The van der Waals surface area contributed by atoms with Crippen LogP contribution in [-0.2, 0) is 0 Å². The highest BCUT2D eigenvalue weighted by Gasteiger charge is 2.22. The Morgan fingerprint density at radius 2 is 2.23 bits per heavy atom. The predicted molar refractivity (Wildman–Crippen MR) is 87.8 cm³/mol. The Morgan fingerprint density at radius 1 is 1.45 bits per heavy atom. The summed E-state index contributed by atoms with van der Waals surface area (Å²) >= 11 is 0. The van der Waals surface area contributed by atoms with Crippen molar-refractivity contribution in [1.29, 1.82) is 0 Å². The molecule has 1 fully saturated rings. The van der Waals surface area contributed by atoms with Crippen LogP contribution in [0.3, 0.4) is 0 Å². The molecule has 1 unspecified atom stereocenters. The molecule has 1 aliphatic carbocycles. The Hall–Kier alpha value is -1.78. The molecule has 5 heteroatoms. The topological polar surface area (TPSA) is 45.7 Å². The van der Waals surface area contributed by atoms with Gasteiger partial charge in [0, 0.05) is 13.6 Å². The third-order valence-electron chi connectivity index (χ3n) is 3.75. The van der Waals surface area contributed by atoms with E-state index >= 15 is 0 Å². The fraction of sp³-hybridized carbons (Fsp3) is 0.588. The van der Waals surface area contributed by atoms with Gasteiger partial charge in [0.25, 0.3) is 0 Å². The van der Waals surface area contributed by atoms with Crippen LogP contribution in [0.25, 0.3) is 0 Å². The predicted octanol–water partition coefficient (Wildman–Crippen LogP) is 3.25. The van der Waals surface area contributed by atoms with Crippen LogP contribution in [0.4, 0.5) is 4.39 Å². The lowest BCUT2D eigenvalue weighted by Crippen LogP contribution is -2.39. The number of hydrogen-bond donors (Lipinski definition) is 2. The van der Waals surface area contributed by atoms with Crippen molar-refractivity contribution in [3.63, 3.8) is 0 Å². The highest BCUT2D eigenvalue weighted by molar-refractivity contribution is 5.80. The molecule has 122 valence electrons. The Kier molecular flexibility index (Phi) is 6.04. The summed E-state index contributed by atoms with van der Waals surface area (Å²) in [6, 6.07) is 5.12. The second-order valence-corrected chi connectivity index (χ2v) is 5.81. The first kappa shape index (κ1) is 16.6. The molecule has 1 aromatic carbocycles. The summed E-state index contributed by atoms with van der Waals surface area (Å²) in [6.45, 7) is 5.56. The average molecular weight is 307 g/mol. The molecular weight excluding hydrogens is 281 g/mol. The highest BCUT2D eigenvalue weighted by Crippen LogP contribution is 2.30. The summed E-state index contributed by atoms with van der Waals surface area (Å²) in [5.41, 5.74) is 0.871. The van der Waals surface area contributed by atoms with Crippen molar-refractivity contribution in [2.75, 3.05) is 20.2 Å². The van der Waals surface area contributed by atoms with Crippen LogP contribution in [0, 0.1) is 11.7 Å². The molecule has 1 atom stereocenters. The van der Waals surface area contributed by atoms with E-state index in [9.17, 15) is 4.39 Å². The Balaban J connectivity index is 1.93. The fourth-order valence-corrected chi connectivity index (χ4v) is 2.12. The molecule has 0 amide bonds. The van der Waals surface area contributed by atoms with Gasteiger partial charge < -0.3 is 15.4 Å². The van der Waals surface area contributed by atoms with Gasteiger partial charge in [-0.15, -0.1) is 0 Å². The molecule has 1 aliphatic rings. The summed E-state index contributed by atoms with van der Waals surface area (Å²) in [4.78, 5) is 4.16. The maximum Gasteiger partial charge on any atom is 0.191 e. The van der Waals surface area contributed by atoms with Gasteiger partial charge in [-0.05, 0) is 49.8 Å². The first-order chi connectivity index (χ1) is 10.6. The highest BCUT2D eigenvalue weighted by atomic mass is 19.1.